The molecule has 1 unspecified atom stereocenters. The van der Waals surface area contributed by atoms with E-state index in [1.165, 1.54) is 0 Å². The monoisotopic (exact) mass is 507 g/mol. The number of fused-ring (bicyclic) bond motifs is 2. The number of carboxylic acids is 1. The zero-order valence-corrected chi connectivity index (χ0v) is 19.6. The van der Waals surface area contributed by atoms with Crippen LogP contribution >= 0.6 is 0 Å². The fraction of sp³-hybridized carbons (Fsp3) is 0.571. The number of carbonyl (C=O) groups excluding carboxylic acids is 1. The highest BCUT2D eigenvalue weighted by atomic mass is 32.2. The highest BCUT2D eigenvalue weighted by Crippen LogP contribution is 2.64. The summed E-state index contributed by atoms with van der Waals surface area (Å²) in [5.41, 5.74) is 4.95. The molecular weight excluding hydrogens is 479 g/mol. The summed E-state index contributed by atoms with van der Waals surface area (Å²) in [6, 6.07) is 6.78. The van der Waals surface area contributed by atoms with Crippen molar-refractivity contribution in [3.05, 3.63) is 29.8 Å². The number of ketones is 1. The number of nitrogens with two attached hydrogens (primary N) is 1. The molecule has 0 aromatic heterocycles. The van der Waals surface area contributed by atoms with Gasteiger partial charge in [0.25, 0.3) is 0 Å². The Balaban J connectivity index is 0.000000509. The Bertz CT molecular complexity index is 1060. The minimum Gasteiger partial charge on any atom is -0.492 e. The first-order valence-corrected chi connectivity index (χ1v) is 12.0. The van der Waals surface area contributed by atoms with Gasteiger partial charge in [-0.1, -0.05) is 26.0 Å². The van der Waals surface area contributed by atoms with Crippen LogP contribution in [0.5, 0.6) is 5.75 Å². The van der Waals surface area contributed by atoms with Crippen molar-refractivity contribution in [2.45, 2.75) is 39.3 Å². The summed E-state index contributed by atoms with van der Waals surface area (Å²) in [6.07, 6.45) is -3.01. The van der Waals surface area contributed by atoms with E-state index in [1.54, 1.807) is 24.3 Å². The minimum atomic E-state index is -5.08. The Labute approximate surface area is 195 Å². The smallest absolute Gasteiger partial charge is 0.490 e. The van der Waals surface area contributed by atoms with Crippen LogP contribution in [0.25, 0.3) is 0 Å². The number of amidine groups is 1. The molecule has 2 fully saturated rings. The number of nitrogen functional groups attached to an aromatic ring is 1. The van der Waals surface area contributed by atoms with Gasteiger partial charge in [-0.15, -0.1) is 0 Å². The molecule has 0 saturated heterocycles. The number of carboxylic acid groups (broad SMARTS) is 1. The lowest BCUT2D eigenvalue weighted by molar-refractivity contribution is -0.192. The fourth-order valence-corrected chi connectivity index (χ4v) is 6.43. The SMILES string of the molecule is CC1(C)C2CC[C@]1(CS(=O)(=O)NCCOc1cccc(C(=N)N)c1)C(=O)C2.O=C(O)C(F)(F)F. The van der Waals surface area contributed by atoms with E-state index < -0.39 is 27.6 Å². The number of halogens is 3. The molecule has 9 nitrogen and oxygen atoms in total. The molecule has 2 bridgehead atoms. The maximum atomic E-state index is 12.6. The molecule has 0 aliphatic heterocycles. The number of aliphatic carboxylic acids is 1. The van der Waals surface area contributed by atoms with Crippen LogP contribution in [0, 0.1) is 22.2 Å². The van der Waals surface area contributed by atoms with E-state index >= 15 is 0 Å². The van der Waals surface area contributed by atoms with Gasteiger partial charge in [-0.25, -0.2) is 17.9 Å². The Morgan fingerprint density at radius 1 is 1.35 bits per heavy atom. The number of nitrogens with one attached hydrogen (secondary N) is 2. The van der Waals surface area contributed by atoms with E-state index in [0.29, 0.717) is 24.2 Å². The number of benzene rings is 1. The molecule has 2 atom stereocenters. The topological polar surface area (TPSA) is 160 Å². The highest BCUT2D eigenvalue weighted by Gasteiger charge is 2.65. The van der Waals surface area contributed by atoms with E-state index in [1.807, 2.05) is 13.8 Å². The van der Waals surface area contributed by atoms with Crippen LogP contribution in [0.15, 0.2) is 24.3 Å². The van der Waals surface area contributed by atoms with Crippen LogP contribution < -0.4 is 15.2 Å². The molecule has 34 heavy (non-hydrogen) atoms. The second kappa shape index (κ2) is 9.90. The first-order valence-electron chi connectivity index (χ1n) is 10.4. The van der Waals surface area contributed by atoms with Crippen LogP contribution in [0.4, 0.5) is 13.2 Å². The van der Waals surface area contributed by atoms with Gasteiger partial charge in [0.15, 0.2) is 0 Å². The van der Waals surface area contributed by atoms with Crippen molar-refractivity contribution in [2.24, 2.45) is 22.5 Å². The maximum absolute atomic E-state index is 12.6. The average molecular weight is 508 g/mol. The third-order valence-corrected chi connectivity index (χ3v) is 8.17. The zero-order valence-electron chi connectivity index (χ0n) is 18.7. The van der Waals surface area contributed by atoms with Crippen LogP contribution in [0.1, 0.15) is 38.7 Å². The summed E-state index contributed by atoms with van der Waals surface area (Å²) in [4.78, 5) is 21.4. The van der Waals surface area contributed by atoms with E-state index in [-0.39, 0.29) is 41.9 Å². The summed E-state index contributed by atoms with van der Waals surface area (Å²) in [5, 5.41) is 14.6. The molecule has 0 spiro atoms. The molecule has 3 rings (SSSR count). The Kier molecular flexibility index (Phi) is 8.03. The number of sulfonamides is 1. The van der Waals surface area contributed by atoms with Gasteiger partial charge in [0.2, 0.25) is 10.0 Å². The van der Waals surface area contributed by atoms with Crippen LogP contribution in [-0.4, -0.2) is 56.2 Å². The van der Waals surface area contributed by atoms with Crippen molar-refractivity contribution in [3.8, 4) is 5.75 Å². The second-order valence-corrected chi connectivity index (χ2v) is 10.7. The van der Waals surface area contributed by atoms with Gasteiger partial charge in [0.05, 0.1) is 5.75 Å². The lowest BCUT2D eigenvalue weighted by Gasteiger charge is -2.36. The number of alkyl halides is 3. The third-order valence-electron chi connectivity index (χ3n) is 6.66. The lowest BCUT2D eigenvalue weighted by atomic mass is 9.70. The van der Waals surface area contributed by atoms with Gasteiger partial charge < -0.3 is 15.6 Å². The van der Waals surface area contributed by atoms with Gasteiger partial charge in [0, 0.05) is 23.9 Å². The van der Waals surface area contributed by atoms with Crippen molar-refractivity contribution >= 4 is 27.6 Å². The zero-order chi connectivity index (χ0) is 25.9. The van der Waals surface area contributed by atoms with Crippen molar-refractivity contribution in [3.63, 3.8) is 0 Å². The molecule has 5 N–H and O–H groups in total. The molecule has 2 aliphatic carbocycles. The summed E-state index contributed by atoms with van der Waals surface area (Å²) in [7, 11) is -3.59. The number of carbonyl (C=O) groups is 2. The molecule has 0 amide bonds. The fourth-order valence-electron chi connectivity index (χ4n) is 4.60. The average Bonchev–Trinajstić information content (AvgIpc) is 3.05. The third kappa shape index (κ3) is 6.06. The standard InChI is InChI=1S/C19H27N3O4S.C2HF3O2/c1-18(2)14-6-7-19(18,16(23)11-14)12-27(24,25)22-8-9-26-15-5-3-4-13(10-15)17(20)21;3-2(4,5)1(6)7/h3-5,10,14,22H,6-9,11-12H2,1-2H3,(H3,20,21);(H,6,7)/t14?,19-;/m0./s1. The van der Waals surface area contributed by atoms with Gasteiger partial charge >= 0.3 is 12.1 Å². The minimum absolute atomic E-state index is 0.0564. The molecule has 0 radical (unpaired) electrons. The second-order valence-electron chi connectivity index (χ2n) is 8.91. The van der Waals surface area contributed by atoms with E-state index in [2.05, 4.69) is 4.72 Å². The van der Waals surface area contributed by atoms with E-state index in [0.717, 1.165) is 6.42 Å². The molecule has 2 aliphatic rings. The van der Waals surface area contributed by atoms with Crippen molar-refractivity contribution in [2.75, 3.05) is 18.9 Å². The van der Waals surface area contributed by atoms with E-state index in [9.17, 15) is 26.4 Å². The molecular formula is C21H28F3N3O6S. The van der Waals surface area contributed by atoms with Crippen molar-refractivity contribution in [1.29, 1.82) is 5.41 Å². The van der Waals surface area contributed by atoms with Gasteiger partial charge in [-0.2, -0.15) is 13.2 Å². The number of ether oxygens (including phenoxy) is 1. The van der Waals surface area contributed by atoms with Gasteiger partial charge in [-0.3, -0.25) is 10.2 Å². The maximum Gasteiger partial charge on any atom is 0.490 e. The summed E-state index contributed by atoms with van der Waals surface area (Å²) >= 11 is 0. The first-order chi connectivity index (χ1) is 15.5. The summed E-state index contributed by atoms with van der Waals surface area (Å²) in [6.45, 7) is 4.31. The summed E-state index contributed by atoms with van der Waals surface area (Å²) < 4.78 is 65.0. The Hall–Kier alpha value is -2.67. The predicted molar refractivity (Wildman–Crippen MR) is 117 cm³/mol. The van der Waals surface area contributed by atoms with E-state index in [4.69, 9.17) is 25.8 Å². The number of hydrogen-bond acceptors (Lipinski definition) is 6. The van der Waals surface area contributed by atoms with Crippen LogP contribution in [0.3, 0.4) is 0 Å². The molecule has 190 valence electrons. The van der Waals surface area contributed by atoms with Crippen LogP contribution in [-0.2, 0) is 19.6 Å². The highest BCUT2D eigenvalue weighted by molar-refractivity contribution is 7.89. The van der Waals surface area contributed by atoms with Gasteiger partial charge in [-0.05, 0) is 36.3 Å². The van der Waals surface area contributed by atoms with Crippen LogP contribution in [0.2, 0.25) is 0 Å². The van der Waals surface area contributed by atoms with Crippen molar-refractivity contribution in [1.82, 2.24) is 4.72 Å². The predicted octanol–water partition coefficient (Wildman–Crippen LogP) is 2.30. The molecule has 0 heterocycles. The quantitative estimate of drug-likeness (QED) is 0.239. The normalized spacial score (nSPS) is 23.2. The largest absolute Gasteiger partial charge is 0.492 e. The Morgan fingerprint density at radius 2 is 1.97 bits per heavy atom. The van der Waals surface area contributed by atoms with Crippen molar-refractivity contribution < 1.29 is 41.0 Å². The Morgan fingerprint density at radius 3 is 2.44 bits per heavy atom. The number of Topliss-reactive ketones (excluding diaryl/α,β-unsaturated/α-hetero) is 1. The number of rotatable bonds is 8. The summed E-state index contributed by atoms with van der Waals surface area (Å²) in [5.74, 6) is -2.07. The first kappa shape index (κ1) is 27.6. The number of hydrogen-bond donors (Lipinski definition) is 4. The van der Waals surface area contributed by atoms with Gasteiger partial charge in [0.1, 0.15) is 24.0 Å². The molecule has 1 aromatic rings. The molecule has 2 saturated carbocycles. The molecule has 1 aromatic carbocycles. The molecule has 13 heteroatoms. The lowest BCUT2D eigenvalue weighted by Crippen LogP contribution is -2.45.